The highest BCUT2D eigenvalue weighted by molar-refractivity contribution is 6.42. The minimum absolute atomic E-state index is 0.266. The fourth-order valence-electron chi connectivity index (χ4n) is 1.69. The number of pyridine rings is 1. The Bertz CT molecular complexity index is 514. The molecular weight excluding hydrogens is 267 g/mol. The molecule has 2 rings (SSSR count). The molecule has 0 aliphatic carbocycles. The van der Waals surface area contributed by atoms with Crippen molar-refractivity contribution in [1.29, 1.82) is 0 Å². The summed E-state index contributed by atoms with van der Waals surface area (Å²) in [6, 6.07) is 9.95. The van der Waals surface area contributed by atoms with Crippen molar-refractivity contribution in [2.45, 2.75) is 19.5 Å². The molecule has 0 spiro atoms. The van der Waals surface area contributed by atoms with Crippen molar-refractivity contribution in [3.05, 3.63) is 63.9 Å². The summed E-state index contributed by atoms with van der Waals surface area (Å²) in [5.41, 5.74) is 2.33. The average Bonchev–Trinajstić information content (AvgIpc) is 2.41. The van der Waals surface area contributed by atoms with E-state index in [-0.39, 0.29) is 6.04 Å². The van der Waals surface area contributed by atoms with Crippen LogP contribution in [0.5, 0.6) is 0 Å². The van der Waals surface area contributed by atoms with Crippen LogP contribution in [0.4, 0.5) is 0 Å². The van der Waals surface area contributed by atoms with Gasteiger partial charge < -0.3 is 5.32 Å². The van der Waals surface area contributed by atoms with Crippen LogP contribution in [0.2, 0.25) is 10.0 Å². The summed E-state index contributed by atoms with van der Waals surface area (Å²) in [5, 5.41) is 4.61. The van der Waals surface area contributed by atoms with E-state index in [0.29, 0.717) is 10.0 Å². The molecule has 0 saturated heterocycles. The first kappa shape index (κ1) is 13.3. The van der Waals surface area contributed by atoms with E-state index in [4.69, 9.17) is 23.2 Å². The fourth-order valence-corrected chi connectivity index (χ4v) is 2.01. The van der Waals surface area contributed by atoms with E-state index < -0.39 is 0 Å². The van der Waals surface area contributed by atoms with Crippen molar-refractivity contribution in [3.63, 3.8) is 0 Å². The van der Waals surface area contributed by atoms with Gasteiger partial charge in [-0.05, 0) is 42.3 Å². The second kappa shape index (κ2) is 6.19. The molecule has 0 saturated carbocycles. The zero-order chi connectivity index (χ0) is 13.0. The Labute approximate surface area is 117 Å². The van der Waals surface area contributed by atoms with Crippen LogP contribution in [-0.4, -0.2) is 4.98 Å². The van der Waals surface area contributed by atoms with Crippen LogP contribution in [0.15, 0.2) is 42.7 Å². The lowest BCUT2D eigenvalue weighted by Crippen LogP contribution is -2.18. The molecule has 0 unspecified atom stereocenters. The normalized spacial score (nSPS) is 12.4. The van der Waals surface area contributed by atoms with E-state index in [1.807, 2.05) is 30.3 Å². The third-order valence-electron chi connectivity index (χ3n) is 2.80. The lowest BCUT2D eigenvalue weighted by atomic mass is 10.1. The number of halogens is 2. The maximum atomic E-state index is 5.98. The van der Waals surface area contributed by atoms with Crippen LogP contribution in [0.1, 0.15) is 24.1 Å². The quantitative estimate of drug-likeness (QED) is 0.906. The summed E-state index contributed by atoms with van der Waals surface area (Å²) in [7, 11) is 0. The van der Waals surface area contributed by atoms with Gasteiger partial charge in [-0.3, -0.25) is 4.98 Å². The number of aromatic nitrogens is 1. The first-order chi connectivity index (χ1) is 8.66. The monoisotopic (exact) mass is 280 g/mol. The summed E-state index contributed by atoms with van der Waals surface area (Å²) in [4.78, 5) is 4.01. The SMILES string of the molecule is C[C@H](NCc1ccc(Cl)c(Cl)c1)c1ccncc1. The second-order valence-electron chi connectivity index (χ2n) is 4.13. The molecule has 1 aromatic carbocycles. The smallest absolute Gasteiger partial charge is 0.0595 e. The van der Waals surface area contributed by atoms with Gasteiger partial charge in [0.15, 0.2) is 0 Å². The van der Waals surface area contributed by atoms with Crippen LogP contribution in [0, 0.1) is 0 Å². The third kappa shape index (κ3) is 3.45. The molecule has 1 N–H and O–H groups in total. The molecule has 0 radical (unpaired) electrons. The highest BCUT2D eigenvalue weighted by Crippen LogP contribution is 2.22. The number of hydrogen-bond acceptors (Lipinski definition) is 2. The van der Waals surface area contributed by atoms with Crippen molar-refractivity contribution >= 4 is 23.2 Å². The Hall–Kier alpha value is -1.09. The van der Waals surface area contributed by atoms with Crippen molar-refractivity contribution < 1.29 is 0 Å². The second-order valence-corrected chi connectivity index (χ2v) is 4.95. The van der Waals surface area contributed by atoms with Gasteiger partial charge in [0.25, 0.3) is 0 Å². The zero-order valence-corrected chi connectivity index (χ0v) is 11.5. The summed E-state index contributed by atoms with van der Waals surface area (Å²) >= 11 is 11.9. The number of rotatable bonds is 4. The molecule has 1 aromatic heterocycles. The van der Waals surface area contributed by atoms with Crippen LogP contribution >= 0.6 is 23.2 Å². The van der Waals surface area contributed by atoms with E-state index >= 15 is 0 Å². The lowest BCUT2D eigenvalue weighted by molar-refractivity contribution is 0.574. The van der Waals surface area contributed by atoms with Gasteiger partial charge in [0, 0.05) is 25.0 Å². The van der Waals surface area contributed by atoms with Crippen LogP contribution < -0.4 is 5.32 Å². The fraction of sp³-hybridized carbons (Fsp3) is 0.214. The van der Waals surface area contributed by atoms with Crippen molar-refractivity contribution in [3.8, 4) is 0 Å². The highest BCUT2D eigenvalue weighted by atomic mass is 35.5. The molecule has 0 aliphatic rings. The number of nitrogens with zero attached hydrogens (tertiary/aromatic N) is 1. The lowest BCUT2D eigenvalue weighted by Gasteiger charge is -2.14. The molecule has 2 nitrogen and oxygen atoms in total. The minimum Gasteiger partial charge on any atom is -0.306 e. The summed E-state index contributed by atoms with van der Waals surface area (Å²) in [6.45, 7) is 2.87. The molecular formula is C14H14Cl2N2. The summed E-state index contributed by atoms with van der Waals surface area (Å²) in [6.07, 6.45) is 3.60. The topological polar surface area (TPSA) is 24.9 Å². The first-order valence-electron chi connectivity index (χ1n) is 5.74. The maximum Gasteiger partial charge on any atom is 0.0595 e. The van der Waals surface area contributed by atoms with Crippen LogP contribution in [0.3, 0.4) is 0 Å². The highest BCUT2D eigenvalue weighted by Gasteiger charge is 2.05. The number of hydrogen-bond donors (Lipinski definition) is 1. The Morgan fingerprint density at radius 3 is 2.50 bits per heavy atom. The Morgan fingerprint density at radius 1 is 1.11 bits per heavy atom. The number of benzene rings is 1. The van der Waals surface area contributed by atoms with Gasteiger partial charge >= 0.3 is 0 Å². The molecule has 2 aromatic rings. The van der Waals surface area contributed by atoms with E-state index in [1.54, 1.807) is 12.4 Å². The minimum atomic E-state index is 0.266. The Morgan fingerprint density at radius 2 is 1.83 bits per heavy atom. The molecule has 1 atom stereocenters. The van der Waals surface area contributed by atoms with E-state index in [2.05, 4.69) is 17.2 Å². The van der Waals surface area contributed by atoms with Crippen molar-refractivity contribution in [2.75, 3.05) is 0 Å². The van der Waals surface area contributed by atoms with Gasteiger partial charge in [0.1, 0.15) is 0 Å². The molecule has 1 heterocycles. The molecule has 0 aliphatic heterocycles. The predicted molar refractivity (Wildman–Crippen MR) is 76.0 cm³/mol. The molecule has 18 heavy (non-hydrogen) atoms. The summed E-state index contributed by atoms with van der Waals surface area (Å²) < 4.78 is 0. The van der Waals surface area contributed by atoms with Gasteiger partial charge in [-0.25, -0.2) is 0 Å². The third-order valence-corrected chi connectivity index (χ3v) is 3.54. The van der Waals surface area contributed by atoms with E-state index in [0.717, 1.165) is 12.1 Å². The van der Waals surface area contributed by atoms with Gasteiger partial charge in [0.2, 0.25) is 0 Å². The molecule has 0 amide bonds. The van der Waals surface area contributed by atoms with Crippen LogP contribution in [0.25, 0.3) is 0 Å². The standard InChI is InChI=1S/C14H14Cl2N2/c1-10(12-4-6-17-7-5-12)18-9-11-2-3-13(15)14(16)8-11/h2-8,10,18H,9H2,1H3/t10-/m0/s1. The Balaban J connectivity index is 1.97. The molecule has 0 fully saturated rings. The summed E-state index contributed by atoms with van der Waals surface area (Å²) in [5.74, 6) is 0. The van der Waals surface area contributed by atoms with Crippen LogP contribution in [-0.2, 0) is 6.54 Å². The van der Waals surface area contributed by atoms with Gasteiger partial charge in [-0.15, -0.1) is 0 Å². The average molecular weight is 281 g/mol. The first-order valence-corrected chi connectivity index (χ1v) is 6.49. The van der Waals surface area contributed by atoms with Gasteiger partial charge in [-0.1, -0.05) is 29.3 Å². The van der Waals surface area contributed by atoms with E-state index in [1.165, 1.54) is 5.56 Å². The predicted octanol–water partition coefficient (Wildman–Crippen LogP) is 4.24. The van der Waals surface area contributed by atoms with E-state index in [9.17, 15) is 0 Å². The van der Waals surface area contributed by atoms with Crippen molar-refractivity contribution in [2.24, 2.45) is 0 Å². The Kier molecular flexibility index (Phi) is 4.59. The largest absolute Gasteiger partial charge is 0.306 e. The van der Waals surface area contributed by atoms with Gasteiger partial charge in [-0.2, -0.15) is 0 Å². The maximum absolute atomic E-state index is 5.98. The molecule has 94 valence electrons. The zero-order valence-electron chi connectivity index (χ0n) is 10.0. The van der Waals surface area contributed by atoms with Crippen molar-refractivity contribution in [1.82, 2.24) is 10.3 Å². The molecule has 0 bridgehead atoms. The van der Waals surface area contributed by atoms with Gasteiger partial charge in [0.05, 0.1) is 10.0 Å². The molecule has 4 heteroatoms. The number of nitrogens with one attached hydrogen (secondary N) is 1.